The molecule has 1 aromatic rings. The fourth-order valence-electron chi connectivity index (χ4n) is 3.13. The van der Waals surface area contributed by atoms with E-state index in [1.165, 1.54) is 18.2 Å². The molecular formula is C14H22N4O2S. The minimum absolute atomic E-state index is 0.149. The second-order valence-electron chi connectivity index (χ2n) is 6.45. The molecule has 1 N–H and O–H groups in total. The maximum absolute atomic E-state index is 12.3. The van der Waals surface area contributed by atoms with Crippen molar-refractivity contribution in [3.63, 3.8) is 0 Å². The molecule has 2 heterocycles. The van der Waals surface area contributed by atoms with E-state index in [1.54, 1.807) is 4.57 Å². The van der Waals surface area contributed by atoms with E-state index >= 15 is 0 Å². The van der Waals surface area contributed by atoms with Crippen molar-refractivity contribution in [2.45, 2.75) is 44.3 Å². The number of hydrogen-bond donors (Lipinski definition) is 1. The summed E-state index contributed by atoms with van der Waals surface area (Å²) in [5, 5.41) is 7.18. The van der Waals surface area contributed by atoms with Gasteiger partial charge in [0, 0.05) is 19.1 Å². The van der Waals surface area contributed by atoms with Gasteiger partial charge in [-0.25, -0.2) is 9.89 Å². The van der Waals surface area contributed by atoms with E-state index in [0.717, 1.165) is 25.9 Å². The van der Waals surface area contributed by atoms with Crippen molar-refractivity contribution in [2.75, 3.05) is 18.8 Å². The molecule has 1 aromatic heterocycles. The normalized spacial score (nSPS) is 26.1. The van der Waals surface area contributed by atoms with Crippen molar-refractivity contribution in [3.8, 4) is 0 Å². The Morgan fingerprint density at radius 3 is 2.62 bits per heavy atom. The molecule has 1 aliphatic heterocycles. The molecular weight excluding hydrogens is 288 g/mol. The van der Waals surface area contributed by atoms with E-state index in [-0.39, 0.29) is 17.6 Å². The van der Waals surface area contributed by atoms with Gasteiger partial charge >= 0.3 is 5.69 Å². The molecule has 0 bridgehead atoms. The fourth-order valence-corrected chi connectivity index (χ4v) is 4.05. The zero-order valence-corrected chi connectivity index (χ0v) is 13.4. The van der Waals surface area contributed by atoms with Crippen LogP contribution in [0.2, 0.25) is 0 Å². The average Bonchev–Trinajstić information content (AvgIpc) is 3.19. The lowest BCUT2D eigenvalue weighted by Gasteiger charge is -2.34. The summed E-state index contributed by atoms with van der Waals surface area (Å²) in [7, 11) is 0. The van der Waals surface area contributed by atoms with Gasteiger partial charge in [0.15, 0.2) is 5.16 Å². The summed E-state index contributed by atoms with van der Waals surface area (Å²) in [6.45, 7) is 6.09. The van der Waals surface area contributed by atoms with Crippen LogP contribution in [0.4, 0.5) is 0 Å². The number of amides is 1. The molecule has 21 heavy (non-hydrogen) atoms. The number of H-pyrrole nitrogens is 1. The van der Waals surface area contributed by atoms with Gasteiger partial charge in [-0.2, -0.15) is 0 Å². The first-order valence-electron chi connectivity index (χ1n) is 7.62. The Kier molecular flexibility index (Phi) is 4.10. The van der Waals surface area contributed by atoms with E-state index in [4.69, 9.17) is 0 Å². The maximum Gasteiger partial charge on any atom is 0.344 e. The van der Waals surface area contributed by atoms with E-state index in [0.29, 0.717) is 22.7 Å². The fraction of sp³-hybridized carbons (Fsp3) is 0.786. The Hall–Kier alpha value is -1.24. The quantitative estimate of drug-likeness (QED) is 0.856. The minimum Gasteiger partial charge on any atom is -0.341 e. The molecule has 116 valence electrons. The third-order valence-corrected chi connectivity index (χ3v) is 5.07. The summed E-state index contributed by atoms with van der Waals surface area (Å²) in [5.74, 6) is 1.64. The molecule has 1 aliphatic carbocycles. The second-order valence-corrected chi connectivity index (χ2v) is 7.39. The Labute approximate surface area is 128 Å². The van der Waals surface area contributed by atoms with Crippen LogP contribution in [0.3, 0.4) is 0 Å². The van der Waals surface area contributed by atoms with Gasteiger partial charge in [-0.3, -0.25) is 9.36 Å². The zero-order valence-electron chi connectivity index (χ0n) is 12.5. The number of rotatable bonds is 4. The monoisotopic (exact) mass is 310 g/mol. The number of hydrogen-bond acceptors (Lipinski definition) is 4. The predicted molar refractivity (Wildman–Crippen MR) is 81.4 cm³/mol. The van der Waals surface area contributed by atoms with Crippen LogP contribution in [0.15, 0.2) is 9.95 Å². The highest BCUT2D eigenvalue weighted by molar-refractivity contribution is 7.99. The standard InChI is InChI=1S/C14H22N4O2S/c1-9-5-10(2)7-17(6-9)12(19)8-21-14-16-15-13(20)18(14)11-3-4-11/h9-11H,3-8H2,1-2H3,(H,15,20)/t9-,10+. The van der Waals surface area contributed by atoms with Gasteiger partial charge < -0.3 is 4.90 Å². The molecule has 1 amide bonds. The molecule has 2 fully saturated rings. The summed E-state index contributed by atoms with van der Waals surface area (Å²) in [5.41, 5.74) is -0.160. The Bertz CT molecular complexity index is 568. The zero-order chi connectivity index (χ0) is 15.0. The van der Waals surface area contributed by atoms with Gasteiger partial charge in [0.1, 0.15) is 0 Å². The minimum atomic E-state index is -0.160. The number of aromatic amines is 1. The van der Waals surface area contributed by atoms with Crippen molar-refractivity contribution in [3.05, 3.63) is 10.5 Å². The van der Waals surface area contributed by atoms with E-state index in [1.807, 2.05) is 4.90 Å². The molecule has 3 rings (SSSR count). The van der Waals surface area contributed by atoms with Gasteiger partial charge in [0.05, 0.1) is 5.75 Å². The Balaban J connectivity index is 1.60. The third-order valence-electron chi connectivity index (χ3n) is 4.13. The largest absolute Gasteiger partial charge is 0.344 e. The Morgan fingerprint density at radius 1 is 1.33 bits per heavy atom. The lowest BCUT2D eigenvalue weighted by Crippen LogP contribution is -2.43. The van der Waals surface area contributed by atoms with Crippen LogP contribution < -0.4 is 5.69 Å². The molecule has 1 saturated carbocycles. The summed E-state index contributed by atoms with van der Waals surface area (Å²) < 4.78 is 1.69. The number of nitrogens with one attached hydrogen (secondary N) is 1. The van der Waals surface area contributed by atoms with Crippen molar-refractivity contribution in [2.24, 2.45) is 11.8 Å². The van der Waals surface area contributed by atoms with E-state index < -0.39 is 0 Å². The van der Waals surface area contributed by atoms with Crippen molar-refractivity contribution < 1.29 is 4.79 Å². The van der Waals surface area contributed by atoms with Crippen LogP contribution in [-0.4, -0.2) is 44.4 Å². The summed E-state index contributed by atoms with van der Waals surface area (Å²) in [6.07, 6.45) is 3.25. The molecule has 2 atom stereocenters. The van der Waals surface area contributed by atoms with Crippen LogP contribution in [-0.2, 0) is 4.79 Å². The maximum atomic E-state index is 12.3. The third kappa shape index (κ3) is 3.33. The van der Waals surface area contributed by atoms with Gasteiger partial charge in [0.2, 0.25) is 5.91 Å². The summed E-state index contributed by atoms with van der Waals surface area (Å²) in [6, 6.07) is 0.281. The highest BCUT2D eigenvalue weighted by Crippen LogP contribution is 2.36. The molecule has 1 saturated heterocycles. The van der Waals surface area contributed by atoms with Crippen molar-refractivity contribution in [1.29, 1.82) is 0 Å². The number of carbonyl (C=O) groups is 1. The topological polar surface area (TPSA) is 71.0 Å². The van der Waals surface area contributed by atoms with Crippen LogP contribution in [0.25, 0.3) is 0 Å². The summed E-state index contributed by atoms with van der Waals surface area (Å²) in [4.78, 5) is 26.0. The average molecular weight is 310 g/mol. The molecule has 2 aliphatic rings. The van der Waals surface area contributed by atoms with Crippen molar-refractivity contribution >= 4 is 17.7 Å². The van der Waals surface area contributed by atoms with E-state index in [9.17, 15) is 9.59 Å². The molecule has 0 unspecified atom stereocenters. The summed E-state index contributed by atoms with van der Waals surface area (Å²) >= 11 is 1.37. The first-order chi connectivity index (χ1) is 10.0. The highest BCUT2D eigenvalue weighted by atomic mass is 32.2. The van der Waals surface area contributed by atoms with Gasteiger partial charge in [-0.15, -0.1) is 5.10 Å². The number of piperidine rings is 1. The SMILES string of the molecule is C[C@@H]1C[C@H](C)CN(C(=O)CSc2n[nH]c(=O)n2C2CC2)C1. The number of aromatic nitrogens is 3. The highest BCUT2D eigenvalue weighted by Gasteiger charge is 2.30. The number of thioether (sulfide) groups is 1. The van der Waals surface area contributed by atoms with Gasteiger partial charge in [-0.1, -0.05) is 25.6 Å². The molecule has 0 spiro atoms. The van der Waals surface area contributed by atoms with Crippen LogP contribution >= 0.6 is 11.8 Å². The predicted octanol–water partition coefficient (Wildman–Crippen LogP) is 1.50. The van der Waals surface area contributed by atoms with Crippen LogP contribution in [0, 0.1) is 11.8 Å². The van der Waals surface area contributed by atoms with Gasteiger partial charge in [-0.05, 0) is 31.1 Å². The van der Waals surface area contributed by atoms with Gasteiger partial charge in [0.25, 0.3) is 0 Å². The number of carbonyl (C=O) groups excluding carboxylic acids is 1. The second kappa shape index (κ2) is 5.87. The Morgan fingerprint density at radius 2 is 2.00 bits per heavy atom. The first kappa shape index (κ1) is 14.7. The number of nitrogens with zero attached hydrogens (tertiary/aromatic N) is 3. The number of likely N-dealkylation sites (tertiary alicyclic amines) is 1. The smallest absolute Gasteiger partial charge is 0.341 e. The van der Waals surface area contributed by atoms with Crippen LogP contribution in [0.5, 0.6) is 0 Å². The lowest BCUT2D eigenvalue weighted by molar-refractivity contribution is -0.130. The first-order valence-corrected chi connectivity index (χ1v) is 8.60. The lowest BCUT2D eigenvalue weighted by atomic mass is 9.92. The molecule has 7 heteroatoms. The van der Waals surface area contributed by atoms with Crippen molar-refractivity contribution in [1.82, 2.24) is 19.7 Å². The molecule has 0 radical (unpaired) electrons. The molecule has 0 aromatic carbocycles. The van der Waals surface area contributed by atoms with Crippen LogP contribution in [0.1, 0.15) is 39.2 Å². The molecule has 6 nitrogen and oxygen atoms in total. The van der Waals surface area contributed by atoms with E-state index in [2.05, 4.69) is 24.0 Å².